The maximum atomic E-state index is 4.18. The zero-order chi connectivity index (χ0) is 10.8. The Labute approximate surface area is 97.9 Å². The van der Waals surface area contributed by atoms with Crippen LogP contribution in [0.2, 0.25) is 0 Å². The van der Waals surface area contributed by atoms with Crippen molar-refractivity contribution in [1.82, 2.24) is 0 Å². The minimum atomic E-state index is 0.930. The fraction of sp³-hybridized carbons (Fsp3) is 0. The largest absolute Gasteiger partial charge is 0.183 e. The zero-order valence-electron chi connectivity index (χ0n) is 8.45. The van der Waals surface area contributed by atoms with E-state index >= 15 is 0 Å². The van der Waals surface area contributed by atoms with Gasteiger partial charge >= 0.3 is 0 Å². The molecule has 0 fully saturated rings. The average Bonchev–Trinajstić information content (AvgIpc) is 2.39. The number of hydrogen-bond donors (Lipinski definition) is 0. The second-order valence-corrected chi connectivity index (χ2v) is 4.33. The van der Waals surface area contributed by atoms with Crippen molar-refractivity contribution in [3.05, 3.63) is 54.6 Å². The van der Waals surface area contributed by atoms with Crippen LogP contribution >= 0.6 is 11.9 Å². The molecular weight excluding hydrogens is 218 g/mol. The van der Waals surface area contributed by atoms with E-state index in [9.17, 15) is 0 Å². The van der Waals surface area contributed by atoms with Crippen LogP contribution in [-0.4, -0.2) is 0 Å². The molecule has 0 N–H and O–H groups in total. The number of nitrogens with zero attached hydrogens (tertiary/aromatic N) is 3. The normalized spacial score (nSPS) is 13.6. The van der Waals surface area contributed by atoms with E-state index in [1.54, 1.807) is 11.9 Å². The van der Waals surface area contributed by atoms with Crippen LogP contribution in [0.5, 0.6) is 0 Å². The van der Waals surface area contributed by atoms with E-state index in [4.69, 9.17) is 0 Å². The third kappa shape index (κ3) is 1.67. The summed E-state index contributed by atoms with van der Waals surface area (Å²) < 4.78 is 1.82. The Kier molecular flexibility index (Phi) is 2.34. The van der Waals surface area contributed by atoms with Gasteiger partial charge in [-0.1, -0.05) is 35.6 Å². The standard InChI is InChI=1S/C12H9N3S/c1-2-6-10(7-3-1)15-14-13-11-8-4-5-9-12(11)16-15/h1-9H. The number of hydrogen-bond acceptors (Lipinski definition) is 4. The van der Waals surface area contributed by atoms with Gasteiger partial charge in [0.1, 0.15) is 5.69 Å². The summed E-state index contributed by atoms with van der Waals surface area (Å²) in [6, 6.07) is 18.0. The Morgan fingerprint density at radius 1 is 0.875 bits per heavy atom. The molecular formula is C12H9N3S. The van der Waals surface area contributed by atoms with Gasteiger partial charge in [0.05, 0.1) is 10.6 Å². The SMILES string of the molecule is c1ccc(N2N=Nc3ccccc3S2)cc1. The van der Waals surface area contributed by atoms with Gasteiger partial charge in [0.15, 0.2) is 0 Å². The number of benzene rings is 2. The summed E-state index contributed by atoms with van der Waals surface area (Å²) in [5, 5.41) is 8.34. The number of anilines is 1. The molecule has 1 aliphatic rings. The van der Waals surface area contributed by atoms with Crippen molar-refractivity contribution in [2.24, 2.45) is 10.3 Å². The highest BCUT2D eigenvalue weighted by Gasteiger charge is 2.14. The maximum Gasteiger partial charge on any atom is 0.103 e. The monoisotopic (exact) mass is 227 g/mol. The van der Waals surface area contributed by atoms with Crippen LogP contribution in [0.1, 0.15) is 0 Å². The van der Waals surface area contributed by atoms with Gasteiger partial charge in [0.25, 0.3) is 0 Å². The van der Waals surface area contributed by atoms with Gasteiger partial charge < -0.3 is 0 Å². The molecule has 0 atom stereocenters. The van der Waals surface area contributed by atoms with E-state index in [2.05, 4.69) is 10.3 Å². The predicted octanol–water partition coefficient (Wildman–Crippen LogP) is 4.21. The second kappa shape index (κ2) is 3.98. The first-order valence-electron chi connectivity index (χ1n) is 4.97. The van der Waals surface area contributed by atoms with Crippen LogP contribution in [0.15, 0.2) is 69.8 Å². The van der Waals surface area contributed by atoms with Crippen molar-refractivity contribution in [1.29, 1.82) is 0 Å². The molecule has 3 nitrogen and oxygen atoms in total. The van der Waals surface area contributed by atoms with Gasteiger partial charge in [-0.15, -0.1) is 5.11 Å². The first-order valence-corrected chi connectivity index (χ1v) is 5.75. The van der Waals surface area contributed by atoms with E-state index in [0.717, 1.165) is 16.3 Å². The van der Waals surface area contributed by atoms with E-state index in [1.807, 2.05) is 59.0 Å². The molecule has 16 heavy (non-hydrogen) atoms. The minimum absolute atomic E-state index is 0.930. The van der Waals surface area contributed by atoms with Gasteiger partial charge in [-0.2, -0.15) is 4.41 Å². The van der Waals surface area contributed by atoms with Gasteiger partial charge in [0.2, 0.25) is 0 Å². The Balaban J connectivity index is 1.95. The van der Waals surface area contributed by atoms with Gasteiger partial charge in [0, 0.05) is 11.9 Å². The molecule has 78 valence electrons. The molecule has 3 rings (SSSR count). The quantitative estimate of drug-likeness (QED) is 0.682. The van der Waals surface area contributed by atoms with Gasteiger partial charge in [-0.25, -0.2) is 0 Å². The van der Waals surface area contributed by atoms with Crippen molar-refractivity contribution in [2.75, 3.05) is 4.41 Å². The molecule has 2 aromatic rings. The lowest BCUT2D eigenvalue weighted by Crippen LogP contribution is -2.06. The molecule has 4 heteroatoms. The summed E-state index contributed by atoms with van der Waals surface area (Å²) >= 11 is 1.58. The number of fused-ring (bicyclic) bond motifs is 1. The summed E-state index contributed by atoms with van der Waals surface area (Å²) in [4.78, 5) is 1.13. The third-order valence-electron chi connectivity index (χ3n) is 2.26. The highest BCUT2D eigenvalue weighted by molar-refractivity contribution is 8.00. The predicted molar refractivity (Wildman–Crippen MR) is 65.7 cm³/mol. The van der Waals surface area contributed by atoms with Gasteiger partial charge in [-0.05, 0) is 24.3 Å². The van der Waals surface area contributed by atoms with Crippen molar-refractivity contribution in [3.8, 4) is 0 Å². The van der Waals surface area contributed by atoms with Crippen LogP contribution in [0, 0.1) is 0 Å². The Hall–Kier alpha value is -1.81. The van der Waals surface area contributed by atoms with Gasteiger partial charge in [-0.3, -0.25) is 0 Å². The topological polar surface area (TPSA) is 28.0 Å². The lowest BCUT2D eigenvalue weighted by atomic mass is 10.3. The van der Waals surface area contributed by atoms with Crippen LogP contribution < -0.4 is 4.41 Å². The summed E-state index contributed by atoms with van der Waals surface area (Å²) in [7, 11) is 0. The Bertz CT molecular complexity index is 525. The maximum absolute atomic E-state index is 4.18. The lowest BCUT2D eigenvalue weighted by Gasteiger charge is -2.20. The number of rotatable bonds is 1. The highest BCUT2D eigenvalue weighted by atomic mass is 32.2. The van der Waals surface area contributed by atoms with Crippen LogP contribution in [-0.2, 0) is 0 Å². The molecule has 0 bridgehead atoms. The van der Waals surface area contributed by atoms with Crippen LogP contribution in [0.4, 0.5) is 11.4 Å². The van der Waals surface area contributed by atoms with E-state index in [-0.39, 0.29) is 0 Å². The fourth-order valence-corrected chi connectivity index (χ4v) is 2.31. The van der Waals surface area contributed by atoms with Crippen molar-refractivity contribution < 1.29 is 0 Å². The van der Waals surface area contributed by atoms with Crippen molar-refractivity contribution >= 4 is 23.3 Å². The Morgan fingerprint density at radius 2 is 1.62 bits per heavy atom. The van der Waals surface area contributed by atoms with Crippen molar-refractivity contribution in [2.45, 2.75) is 4.90 Å². The molecule has 1 heterocycles. The molecule has 0 aliphatic carbocycles. The molecule has 0 unspecified atom stereocenters. The molecule has 0 saturated heterocycles. The molecule has 0 spiro atoms. The average molecular weight is 227 g/mol. The first-order chi connectivity index (χ1) is 7.93. The first kappa shape index (κ1) is 9.42. The van der Waals surface area contributed by atoms with Crippen molar-refractivity contribution in [3.63, 3.8) is 0 Å². The van der Waals surface area contributed by atoms with E-state index in [1.165, 1.54) is 0 Å². The molecule has 2 aromatic carbocycles. The minimum Gasteiger partial charge on any atom is -0.183 e. The summed E-state index contributed by atoms with van der Waals surface area (Å²) in [6.45, 7) is 0. The molecule has 0 radical (unpaired) electrons. The molecule has 1 aliphatic heterocycles. The summed E-state index contributed by atoms with van der Waals surface area (Å²) in [5.74, 6) is 0. The molecule has 0 saturated carbocycles. The fourth-order valence-electron chi connectivity index (χ4n) is 1.48. The summed E-state index contributed by atoms with van der Waals surface area (Å²) in [5.41, 5.74) is 1.96. The van der Waals surface area contributed by atoms with E-state index < -0.39 is 0 Å². The van der Waals surface area contributed by atoms with E-state index in [0.29, 0.717) is 0 Å². The summed E-state index contributed by atoms with van der Waals surface area (Å²) in [6.07, 6.45) is 0. The molecule has 0 amide bonds. The second-order valence-electron chi connectivity index (χ2n) is 3.36. The van der Waals surface area contributed by atoms with Crippen LogP contribution in [0.3, 0.4) is 0 Å². The Morgan fingerprint density at radius 3 is 2.50 bits per heavy atom. The lowest BCUT2D eigenvalue weighted by molar-refractivity contribution is 1.01. The molecule has 0 aromatic heterocycles. The third-order valence-corrected chi connectivity index (χ3v) is 3.26. The highest BCUT2D eigenvalue weighted by Crippen LogP contribution is 2.39. The smallest absolute Gasteiger partial charge is 0.103 e. The van der Waals surface area contributed by atoms with Crippen LogP contribution in [0.25, 0.3) is 0 Å². The zero-order valence-corrected chi connectivity index (χ0v) is 9.26. The number of para-hydroxylation sites is 1.